The molecule has 3 aliphatic rings. The van der Waals surface area contributed by atoms with Gasteiger partial charge in [0.1, 0.15) is 23.0 Å². The second-order valence-corrected chi connectivity index (χ2v) is 10.6. The molecule has 0 aromatic heterocycles. The van der Waals surface area contributed by atoms with Crippen LogP contribution < -0.4 is 14.4 Å². The van der Waals surface area contributed by atoms with Crippen LogP contribution in [0.2, 0.25) is 0 Å². The summed E-state index contributed by atoms with van der Waals surface area (Å²) in [5.74, 6) is -0.256. The Morgan fingerprint density at radius 3 is 2.10 bits per heavy atom. The summed E-state index contributed by atoms with van der Waals surface area (Å²) in [5.41, 5.74) is 2.16. The third-order valence-electron chi connectivity index (χ3n) is 8.81. The first-order valence-corrected chi connectivity index (χ1v) is 13.6. The average molecular weight is 542 g/mol. The van der Waals surface area contributed by atoms with Crippen molar-refractivity contribution in [3.63, 3.8) is 0 Å². The van der Waals surface area contributed by atoms with Gasteiger partial charge in [-0.15, -0.1) is 0 Å². The molecule has 1 saturated heterocycles. The van der Waals surface area contributed by atoms with Crippen molar-refractivity contribution in [3.05, 3.63) is 131 Å². The maximum atomic E-state index is 14.7. The van der Waals surface area contributed by atoms with Gasteiger partial charge in [0.15, 0.2) is 17.3 Å². The van der Waals surface area contributed by atoms with Crippen LogP contribution in [0.3, 0.4) is 0 Å². The van der Waals surface area contributed by atoms with Crippen LogP contribution >= 0.6 is 0 Å². The van der Waals surface area contributed by atoms with Gasteiger partial charge in [0.25, 0.3) is 0 Å². The number of benzene rings is 4. The highest BCUT2D eigenvalue weighted by Crippen LogP contribution is 2.61. The number of anilines is 1. The van der Waals surface area contributed by atoms with E-state index in [9.17, 15) is 14.4 Å². The summed E-state index contributed by atoms with van der Waals surface area (Å²) >= 11 is 0. The number of fused-ring (bicyclic) bond motifs is 5. The van der Waals surface area contributed by atoms with E-state index in [0.29, 0.717) is 33.8 Å². The number of methoxy groups -OCH3 is 2. The minimum Gasteiger partial charge on any atom is -0.497 e. The highest BCUT2D eigenvalue weighted by Gasteiger charge is 2.71. The van der Waals surface area contributed by atoms with Crippen LogP contribution in [0.1, 0.15) is 48.1 Å². The van der Waals surface area contributed by atoms with E-state index in [2.05, 4.69) is 0 Å². The van der Waals surface area contributed by atoms with Crippen LogP contribution in [0.15, 0.2) is 103 Å². The van der Waals surface area contributed by atoms with Crippen LogP contribution in [-0.4, -0.2) is 43.7 Å². The maximum absolute atomic E-state index is 14.7. The van der Waals surface area contributed by atoms with Gasteiger partial charge in [0.05, 0.1) is 20.3 Å². The minimum atomic E-state index is -1.55. The Labute approximate surface area is 237 Å². The number of ketones is 3. The predicted molar refractivity (Wildman–Crippen MR) is 156 cm³/mol. The quantitative estimate of drug-likeness (QED) is 0.227. The Morgan fingerprint density at radius 2 is 1.41 bits per heavy atom. The third-order valence-corrected chi connectivity index (χ3v) is 8.81. The van der Waals surface area contributed by atoms with Gasteiger partial charge in [-0.25, -0.2) is 0 Å². The number of carbonyl (C=O) groups excluding carboxylic acids is 3. The molecule has 6 heteroatoms. The summed E-state index contributed by atoms with van der Waals surface area (Å²) < 4.78 is 10.9. The van der Waals surface area contributed by atoms with Gasteiger partial charge >= 0.3 is 0 Å². The van der Waals surface area contributed by atoms with Gasteiger partial charge in [0, 0.05) is 28.3 Å². The zero-order valence-corrected chi connectivity index (χ0v) is 22.6. The number of rotatable bonds is 5. The summed E-state index contributed by atoms with van der Waals surface area (Å²) in [4.78, 5) is 46.1. The summed E-state index contributed by atoms with van der Waals surface area (Å²) in [6.45, 7) is 0. The lowest BCUT2D eigenvalue weighted by Gasteiger charge is -2.37. The molecule has 7 rings (SSSR count). The number of hydrogen-bond acceptors (Lipinski definition) is 6. The number of carbonyl (C=O) groups is 3. The first-order valence-electron chi connectivity index (χ1n) is 13.6. The molecule has 41 heavy (non-hydrogen) atoms. The molecule has 0 N–H and O–H groups in total. The van der Waals surface area contributed by atoms with E-state index < -0.39 is 23.4 Å². The highest BCUT2D eigenvalue weighted by atomic mass is 16.5. The third kappa shape index (κ3) is 3.40. The van der Waals surface area contributed by atoms with Gasteiger partial charge in [0.2, 0.25) is 0 Å². The first kappa shape index (κ1) is 25.0. The molecule has 0 amide bonds. The summed E-state index contributed by atoms with van der Waals surface area (Å²) in [6, 6.07) is 27.6. The van der Waals surface area contributed by atoms with Gasteiger partial charge < -0.3 is 14.4 Å². The van der Waals surface area contributed by atoms with Crippen LogP contribution in [0.5, 0.6) is 11.5 Å². The molecule has 3 atom stereocenters. The van der Waals surface area contributed by atoms with E-state index in [1.165, 1.54) is 0 Å². The monoisotopic (exact) mass is 541 g/mol. The molecule has 1 aliphatic carbocycles. The fourth-order valence-corrected chi connectivity index (χ4v) is 7.05. The Hall–Kier alpha value is -4.97. The van der Waals surface area contributed by atoms with Crippen molar-refractivity contribution in [2.75, 3.05) is 19.1 Å². The number of ether oxygens (including phenoxy) is 2. The lowest BCUT2D eigenvalue weighted by Crippen LogP contribution is -2.48. The van der Waals surface area contributed by atoms with Gasteiger partial charge in [-0.3, -0.25) is 14.4 Å². The summed E-state index contributed by atoms with van der Waals surface area (Å²) in [5, 5.41) is 0. The van der Waals surface area contributed by atoms with Crippen molar-refractivity contribution in [2.45, 2.75) is 18.0 Å². The summed E-state index contributed by atoms with van der Waals surface area (Å²) in [7, 11) is 3.15. The molecular weight excluding hydrogens is 514 g/mol. The minimum absolute atomic E-state index is 0.177. The number of Topliss-reactive ketones (excluding diaryl/α,β-unsaturated/α-hetero) is 3. The zero-order valence-electron chi connectivity index (χ0n) is 22.6. The van der Waals surface area contributed by atoms with E-state index >= 15 is 0 Å². The maximum Gasteiger partial charge on any atom is 0.185 e. The predicted octanol–water partition coefficient (Wildman–Crippen LogP) is 6.02. The van der Waals surface area contributed by atoms with Crippen LogP contribution in [0.4, 0.5) is 5.69 Å². The Bertz CT molecular complexity index is 1720. The highest BCUT2D eigenvalue weighted by molar-refractivity contribution is 6.32. The van der Waals surface area contributed by atoms with Gasteiger partial charge in [-0.1, -0.05) is 66.7 Å². The van der Waals surface area contributed by atoms with Crippen molar-refractivity contribution in [1.82, 2.24) is 0 Å². The van der Waals surface area contributed by atoms with Crippen molar-refractivity contribution in [1.29, 1.82) is 0 Å². The first-order chi connectivity index (χ1) is 20.0. The van der Waals surface area contributed by atoms with E-state index in [-0.39, 0.29) is 17.3 Å². The smallest absolute Gasteiger partial charge is 0.185 e. The zero-order chi connectivity index (χ0) is 28.3. The molecule has 1 spiro atoms. The normalized spacial score (nSPS) is 21.4. The average Bonchev–Trinajstić information content (AvgIpc) is 3.47. The Morgan fingerprint density at radius 1 is 0.756 bits per heavy atom. The SMILES string of the molecule is COc1ccc(C(=O)[C@@H]2[C@H](c3cccc(OC)c3)C3(C(=O)c4ccccc4C3=O)[C@H]3C=Cc4ccccc4N23)cc1. The lowest BCUT2D eigenvalue weighted by molar-refractivity contribution is 0.0665. The van der Waals surface area contributed by atoms with E-state index in [4.69, 9.17) is 9.47 Å². The molecular formula is C35H27NO5. The topological polar surface area (TPSA) is 72.9 Å². The molecule has 0 bridgehead atoms. The van der Waals surface area contributed by atoms with Gasteiger partial charge in [-0.05, 0) is 53.6 Å². The van der Waals surface area contributed by atoms with E-state index in [0.717, 1.165) is 11.3 Å². The molecule has 0 radical (unpaired) electrons. The van der Waals surface area contributed by atoms with Crippen molar-refractivity contribution in [2.24, 2.45) is 5.41 Å². The van der Waals surface area contributed by atoms with Crippen molar-refractivity contribution in [3.8, 4) is 11.5 Å². The van der Waals surface area contributed by atoms with Gasteiger partial charge in [-0.2, -0.15) is 0 Å². The second kappa shape index (κ2) is 9.30. The second-order valence-electron chi connectivity index (χ2n) is 10.6. The standard InChI is InChI=1S/C35H27NO5/c1-40-24-17-14-22(15-18-24)32(37)31-30(23-9-7-10-25(20-23)41-2)35(33(38)26-11-4-5-12-27(26)34(35)39)29-19-16-21-8-3-6-13-28(21)36(29)31/h3-20,29-31H,1-2H3/t29-,30+,31+/m1/s1. The number of nitrogens with zero attached hydrogens (tertiary/aromatic N) is 1. The molecule has 6 nitrogen and oxygen atoms in total. The van der Waals surface area contributed by atoms with Crippen LogP contribution in [-0.2, 0) is 0 Å². The molecule has 2 aliphatic heterocycles. The summed E-state index contributed by atoms with van der Waals surface area (Å²) in [6.07, 6.45) is 3.89. The number of hydrogen-bond donors (Lipinski definition) is 0. The van der Waals surface area contributed by atoms with Crippen molar-refractivity contribution < 1.29 is 23.9 Å². The number of para-hydroxylation sites is 1. The fraction of sp³-hybridized carbons (Fsp3) is 0.171. The van der Waals surface area contributed by atoms with E-state index in [1.807, 2.05) is 65.6 Å². The van der Waals surface area contributed by atoms with Crippen molar-refractivity contribution >= 4 is 29.1 Å². The largest absolute Gasteiger partial charge is 0.497 e. The lowest BCUT2D eigenvalue weighted by atomic mass is 9.64. The molecule has 202 valence electrons. The Balaban J connectivity index is 1.53. The molecule has 0 saturated carbocycles. The fourth-order valence-electron chi connectivity index (χ4n) is 7.05. The molecule has 4 aromatic carbocycles. The van der Waals surface area contributed by atoms with Crippen LogP contribution in [0, 0.1) is 5.41 Å². The van der Waals surface area contributed by atoms with Crippen LogP contribution in [0.25, 0.3) is 6.08 Å². The Kier molecular flexibility index (Phi) is 5.68. The molecule has 4 aromatic rings. The van der Waals surface area contributed by atoms with E-state index in [1.54, 1.807) is 62.8 Å². The molecule has 1 fully saturated rings. The molecule has 0 unspecified atom stereocenters. The molecule has 2 heterocycles.